The second-order valence-corrected chi connectivity index (χ2v) is 6.41. The number of nitrogens with one attached hydrogen (secondary N) is 1. The molecule has 0 aliphatic heterocycles. The predicted molar refractivity (Wildman–Crippen MR) is 82.0 cm³/mol. The van der Waals surface area contributed by atoms with E-state index in [4.69, 9.17) is 11.6 Å². The smallest absolute Gasteiger partial charge is 0.0426 e. The van der Waals surface area contributed by atoms with Crippen LogP contribution in [-0.4, -0.2) is 19.1 Å². The van der Waals surface area contributed by atoms with E-state index in [0.717, 1.165) is 17.6 Å². The summed E-state index contributed by atoms with van der Waals surface area (Å²) in [7, 11) is 2.22. The molecule has 2 aliphatic carbocycles. The highest BCUT2D eigenvalue weighted by Crippen LogP contribution is 2.31. The van der Waals surface area contributed by atoms with E-state index in [-0.39, 0.29) is 0 Å². The van der Waals surface area contributed by atoms with Gasteiger partial charge in [0.15, 0.2) is 0 Å². The molecule has 0 aromatic heterocycles. The first kappa shape index (κ1) is 13.3. The highest BCUT2D eigenvalue weighted by atomic mass is 35.5. The lowest BCUT2D eigenvalue weighted by Gasteiger charge is -2.29. The van der Waals surface area contributed by atoms with Crippen LogP contribution in [0.25, 0.3) is 0 Å². The minimum atomic E-state index is 0.693. The molecule has 1 aromatic carbocycles. The minimum Gasteiger partial charge on any atom is -0.371 e. The van der Waals surface area contributed by atoms with Gasteiger partial charge in [0.2, 0.25) is 0 Å². The molecule has 2 aliphatic rings. The van der Waals surface area contributed by atoms with Crippen molar-refractivity contribution in [1.29, 1.82) is 0 Å². The van der Waals surface area contributed by atoms with Crippen molar-refractivity contribution >= 4 is 17.3 Å². The van der Waals surface area contributed by atoms with Gasteiger partial charge in [0.05, 0.1) is 0 Å². The number of hydrogen-bond acceptors (Lipinski definition) is 2. The van der Waals surface area contributed by atoms with Gasteiger partial charge in [-0.3, -0.25) is 0 Å². The van der Waals surface area contributed by atoms with Gasteiger partial charge in [0, 0.05) is 36.4 Å². The summed E-state index contributed by atoms with van der Waals surface area (Å²) in [6.45, 7) is 0.966. The number of rotatable bonds is 5. The zero-order valence-corrected chi connectivity index (χ0v) is 12.4. The predicted octanol–water partition coefficient (Wildman–Crippen LogP) is 3.97. The third kappa shape index (κ3) is 3.24. The number of benzene rings is 1. The third-order valence-corrected chi connectivity index (χ3v) is 4.69. The normalized spacial score (nSPS) is 19.9. The van der Waals surface area contributed by atoms with E-state index in [9.17, 15) is 0 Å². The molecule has 1 aromatic rings. The number of nitrogens with zero attached hydrogens (tertiary/aromatic N) is 1. The summed E-state index contributed by atoms with van der Waals surface area (Å²) in [5.74, 6) is 0. The van der Waals surface area contributed by atoms with Crippen molar-refractivity contribution in [3.05, 3.63) is 28.8 Å². The second kappa shape index (κ2) is 5.72. The van der Waals surface area contributed by atoms with Crippen molar-refractivity contribution in [3.63, 3.8) is 0 Å². The molecular formula is C16H23ClN2. The maximum absolute atomic E-state index is 6.20. The molecule has 0 amide bonds. The van der Waals surface area contributed by atoms with Gasteiger partial charge < -0.3 is 10.2 Å². The maximum Gasteiger partial charge on any atom is 0.0426 e. The maximum atomic E-state index is 6.20. The molecule has 0 atom stereocenters. The van der Waals surface area contributed by atoms with Gasteiger partial charge in [-0.15, -0.1) is 0 Å². The van der Waals surface area contributed by atoms with Crippen LogP contribution in [0, 0.1) is 0 Å². The number of hydrogen-bond donors (Lipinski definition) is 1. The quantitative estimate of drug-likeness (QED) is 0.877. The topological polar surface area (TPSA) is 15.3 Å². The highest BCUT2D eigenvalue weighted by Gasteiger charge is 2.23. The first-order valence-electron chi connectivity index (χ1n) is 7.48. The monoisotopic (exact) mass is 278 g/mol. The SMILES string of the molecule is CN(c1cc(Cl)ccc1CNC1CC1)C1CCCC1. The molecule has 0 saturated heterocycles. The Balaban J connectivity index is 1.77. The fraction of sp³-hybridized carbons (Fsp3) is 0.625. The number of halogens is 1. The molecule has 2 nitrogen and oxygen atoms in total. The zero-order chi connectivity index (χ0) is 13.2. The molecule has 104 valence electrons. The molecule has 3 heteroatoms. The van der Waals surface area contributed by atoms with Crippen molar-refractivity contribution in [2.45, 2.75) is 57.2 Å². The molecule has 2 saturated carbocycles. The van der Waals surface area contributed by atoms with Crippen LogP contribution in [0.3, 0.4) is 0 Å². The standard InChI is InChI=1S/C16H23ClN2/c1-19(15-4-2-3-5-15)16-10-13(17)7-6-12(16)11-18-14-8-9-14/h6-7,10,14-15,18H,2-5,8-9,11H2,1H3. The lowest BCUT2D eigenvalue weighted by Crippen LogP contribution is -2.30. The zero-order valence-electron chi connectivity index (χ0n) is 11.7. The molecular weight excluding hydrogens is 256 g/mol. The van der Waals surface area contributed by atoms with Crippen LogP contribution in [-0.2, 0) is 6.54 Å². The average molecular weight is 279 g/mol. The molecule has 0 heterocycles. The van der Waals surface area contributed by atoms with Gasteiger partial charge in [-0.1, -0.05) is 30.5 Å². The fourth-order valence-electron chi connectivity index (χ4n) is 3.04. The van der Waals surface area contributed by atoms with Crippen LogP contribution < -0.4 is 10.2 Å². The van der Waals surface area contributed by atoms with Gasteiger partial charge in [-0.05, 0) is 43.4 Å². The first-order valence-corrected chi connectivity index (χ1v) is 7.86. The Labute approximate surface area is 121 Å². The average Bonchev–Trinajstić information content (AvgIpc) is 3.08. The van der Waals surface area contributed by atoms with E-state index < -0.39 is 0 Å². The van der Waals surface area contributed by atoms with Crippen molar-refractivity contribution in [3.8, 4) is 0 Å². The summed E-state index contributed by atoms with van der Waals surface area (Å²) >= 11 is 6.20. The summed E-state index contributed by atoms with van der Waals surface area (Å²) in [5, 5.41) is 4.45. The molecule has 0 radical (unpaired) electrons. The fourth-order valence-corrected chi connectivity index (χ4v) is 3.21. The van der Waals surface area contributed by atoms with Crippen LogP contribution >= 0.6 is 11.6 Å². The molecule has 3 rings (SSSR count). The van der Waals surface area contributed by atoms with Crippen molar-refractivity contribution in [2.75, 3.05) is 11.9 Å². The summed E-state index contributed by atoms with van der Waals surface area (Å²) in [5.41, 5.74) is 2.69. The first-order chi connectivity index (χ1) is 9.24. The van der Waals surface area contributed by atoms with Crippen molar-refractivity contribution in [2.24, 2.45) is 0 Å². The lowest BCUT2D eigenvalue weighted by atomic mass is 10.1. The molecule has 0 unspecified atom stereocenters. The Bertz CT molecular complexity index is 436. The van der Waals surface area contributed by atoms with E-state index in [1.54, 1.807) is 0 Å². The van der Waals surface area contributed by atoms with E-state index in [2.05, 4.69) is 29.4 Å². The Morgan fingerprint density at radius 1 is 1.21 bits per heavy atom. The molecule has 0 bridgehead atoms. The molecule has 0 spiro atoms. The van der Waals surface area contributed by atoms with E-state index in [0.29, 0.717) is 6.04 Å². The van der Waals surface area contributed by atoms with E-state index in [1.807, 2.05) is 6.07 Å². The van der Waals surface area contributed by atoms with E-state index >= 15 is 0 Å². The Kier molecular flexibility index (Phi) is 3.99. The van der Waals surface area contributed by atoms with Crippen LogP contribution in [0.15, 0.2) is 18.2 Å². The van der Waals surface area contributed by atoms with Gasteiger partial charge in [0.1, 0.15) is 0 Å². The highest BCUT2D eigenvalue weighted by molar-refractivity contribution is 6.30. The Hall–Kier alpha value is -0.730. The van der Waals surface area contributed by atoms with Crippen LogP contribution in [0.4, 0.5) is 5.69 Å². The summed E-state index contributed by atoms with van der Waals surface area (Å²) in [6.07, 6.45) is 8.04. The third-order valence-electron chi connectivity index (χ3n) is 4.46. The summed E-state index contributed by atoms with van der Waals surface area (Å²) < 4.78 is 0. The molecule has 1 N–H and O–H groups in total. The number of anilines is 1. The van der Waals surface area contributed by atoms with Crippen LogP contribution in [0.1, 0.15) is 44.1 Å². The Morgan fingerprint density at radius 2 is 1.95 bits per heavy atom. The summed E-state index contributed by atoms with van der Waals surface area (Å²) in [4.78, 5) is 2.45. The van der Waals surface area contributed by atoms with Crippen molar-refractivity contribution < 1.29 is 0 Å². The van der Waals surface area contributed by atoms with E-state index in [1.165, 1.54) is 49.8 Å². The van der Waals surface area contributed by atoms with Gasteiger partial charge in [-0.25, -0.2) is 0 Å². The lowest BCUT2D eigenvalue weighted by molar-refractivity contribution is 0.641. The van der Waals surface area contributed by atoms with Crippen LogP contribution in [0.5, 0.6) is 0 Å². The molecule has 2 fully saturated rings. The van der Waals surface area contributed by atoms with Crippen LogP contribution in [0.2, 0.25) is 5.02 Å². The molecule has 19 heavy (non-hydrogen) atoms. The summed E-state index contributed by atoms with van der Waals surface area (Å²) in [6, 6.07) is 7.76. The second-order valence-electron chi connectivity index (χ2n) is 5.98. The largest absolute Gasteiger partial charge is 0.371 e. The Morgan fingerprint density at radius 3 is 2.63 bits per heavy atom. The van der Waals surface area contributed by atoms with Gasteiger partial charge >= 0.3 is 0 Å². The van der Waals surface area contributed by atoms with Gasteiger partial charge in [-0.2, -0.15) is 0 Å². The van der Waals surface area contributed by atoms with Gasteiger partial charge in [0.25, 0.3) is 0 Å². The van der Waals surface area contributed by atoms with Crippen molar-refractivity contribution in [1.82, 2.24) is 5.32 Å². The minimum absolute atomic E-state index is 0.693.